The van der Waals surface area contributed by atoms with E-state index in [-0.39, 0.29) is 25.9 Å². The molecule has 0 aromatic rings. The van der Waals surface area contributed by atoms with Crippen molar-refractivity contribution in [2.45, 2.75) is 136 Å². The van der Waals surface area contributed by atoms with E-state index in [1.807, 2.05) is 6.92 Å². The monoisotopic (exact) mass is 430 g/mol. The Kier molecular flexibility index (Phi) is 21.9. The third-order valence-electron chi connectivity index (χ3n) is 6.67. The molecule has 182 valence electrons. The van der Waals surface area contributed by atoms with Crippen molar-refractivity contribution in [2.24, 2.45) is 5.41 Å². The number of rotatable bonds is 24. The smallest absolute Gasteiger partial charge is 0.0669 e. The highest BCUT2D eigenvalue weighted by Gasteiger charge is 2.35. The van der Waals surface area contributed by atoms with E-state index in [9.17, 15) is 15.3 Å². The molecular formula is C26H54O4. The van der Waals surface area contributed by atoms with E-state index in [1.54, 1.807) is 0 Å². The van der Waals surface area contributed by atoms with Gasteiger partial charge in [0, 0.05) is 6.61 Å². The third kappa shape index (κ3) is 15.6. The highest BCUT2D eigenvalue weighted by molar-refractivity contribution is 4.83. The van der Waals surface area contributed by atoms with E-state index in [0.29, 0.717) is 6.61 Å². The molecule has 0 saturated carbocycles. The van der Waals surface area contributed by atoms with Crippen molar-refractivity contribution in [3.8, 4) is 0 Å². The molecule has 0 aromatic heterocycles. The summed E-state index contributed by atoms with van der Waals surface area (Å²) in [4.78, 5) is 0. The molecule has 0 heterocycles. The Labute approximate surface area is 187 Å². The molecule has 0 rings (SSSR count). The van der Waals surface area contributed by atoms with Gasteiger partial charge in [0.2, 0.25) is 0 Å². The van der Waals surface area contributed by atoms with Gasteiger partial charge in [-0.3, -0.25) is 0 Å². The molecule has 1 unspecified atom stereocenters. The molecule has 0 saturated heterocycles. The van der Waals surface area contributed by atoms with Crippen LogP contribution in [-0.4, -0.2) is 47.9 Å². The van der Waals surface area contributed by atoms with Gasteiger partial charge in [0.1, 0.15) is 0 Å². The normalized spacial score (nSPS) is 13.1. The van der Waals surface area contributed by atoms with E-state index >= 15 is 0 Å². The fourth-order valence-electron chi connectivity index (χ4n) is 3.98. The first-order valence-electron chi connectivity index (χ1n) is 13.1. The summed E-state index contributed by atoms with van der Waals surface area (Å²) in [6.45, 7) is 3.93. The number of unbranched alkanes of at least 4 members (excludes halogenated alkanes) is 17. The van der Waals surface area contributed by atoms with Crippen molar-refractivity contribution in [1.82, 2.24) is 0 Å². The van der Waals surface area contributed by atoms with Crippen LogP contribution in [0, 0.1) is 5.41 Å². The molecule has 0 aliphatic rings. The zero-order valence-electron chi connectivity index (χ0n) is 20.4. The van der Waals surface area contributed by atoms with E-state index in [1.165, 1.54) is 103 Å². The summed E-state index contributed by atoms with van der Waals surface area (Å²) in [6.07, 6.45) is 24.1. The first-order valence-corrected chi connectivity index (χ1v) is 13.1. The number of hydrogen-bond acceptors (Lipinski definition) is 4. The highest BCUT2D eigenvalue weighted by atomic mass is 16.5. The zero-order chi connectivity index (χ0) is 22.3. The molecule has 0 amide bonds. The topological polar surface area (TPSA) is 69.9 Å². The van der Waals surface area contributed by atoms with Gasteiger partial charge in [0.05, 0.1) is 31.3 Å². The largest absolute Gasteiger partial charge is 0.396 e. The highest BCUT2D eigenvalue weighted by Crippen LogP contribution is 2.23. The predicted molar refractivity (Wildman–Crippen MR) is 128 cm³/mol. The lowest BCUT2D eigenvalue weighted by Gasteiger charge is -2.33. The quantitative estimate of drug-likeness (QED) is 0.155. The molecular weight excluding hydrogens is 376 g/mol. The van der Waals surface area contributed by atoms with Crippen LogP contribution in [0.3, 0.4) is 0 Å². The first-order chi connectivity index (χ1) is 14.7. The van der Waals surface area contributed by atoms with Crippen LogP contribution < -0.4 is 0 Å². The lowest BCUT2D eigenvalue weighted by Crippen LogP contribution is -2.45. The van der Waals surface area contributed by atoms with Gasteiger partial charge in [-0.2, -0.15) is 0 Å². The van der Waals surface area contributed by atoms with Crippen molar-refractivity contribution in [3.05, 3.63) is 0 Å². The van der Waals surface area contributed by atoms with Crippen LogP contribution in [0.1, 0.15) is 129 Å². The Bertz CT molecular complexity index is 323. The van der Waals surface area contributed by atoms with Crippen LogP contribution in [0.5, 0.6) is 0 Å². The molecule has 4 nitrogen and oxygen atoms in total. The van der Waals surface area contributed by atoms with E-state index in [0.717, 1.165) is 12.8 Å². The minimum Gasteiger partial charge on any atom is -0.396 e. The van der Waals surface area contributed by atoms with E-state index in [2.05, 4.69) is 6.92 Å². The average molecular weight is 431 g/mol. The van der Waals surface area contributed by atoms with Crippen LogP contribution >= 0.6 is 0 Å². The van der Waals surface area contributed by atoms with Gasteiger partial charge in [-0.1, -0.05) is 116 Å². The van der Waals surface area contributed by atoms with Gasteiger partial charge in [0.15, 0.2) is 0 Å². The van der Waals surface area contributed by atoms with Crippen molar-refractivity contribution < 1.29 is 20.1 Å². The van der Waals surface area contributed by atoms with Crippen LogP contribution in [0.2, 0.25) is 0 Å². The molecule has 0 spiro atoms. The van der Waals surface area contributed by atoms with Crippen molar-refractivity contribution in [1.29, 1.82) is 0 Å². The van der Waals surface area contributed by atoms with Gasteiger partial charge in [-0.15, -0.1) is 0 Å². The molecule has 0 fully saturated rings. The van der Waals surface area contributed by atoms with Crippen LogP contribution in [0.4, 0.5) is 0 Å². The summed E-state index contributed by atoms with van der Waals surface area (Å²) in [6, 6.07) is 0. The van der Waals surface area contributed by atoms with Crippen molar-refractivity contribution >= 4 is 0 Å². The second-order valence-electron chi connectivity index (χ2n) is 9.36. The lowest BCUT2D eigenvalue weighted by molar-refractivity contribution is -0.106. The van der Waals surface area contributed by atoms with Gasteiger partial charge in [-0.05, 0) is 13.3 Å². The minimum absolute atomic E-state index is 0.264. The second kappa shape index (κ2) is 22.0. The maximum absolute atomic E-state index is 9.41. The Morgan fingerprint density at radius 1 is 0.533 bits per heavy atom. The number of aliphatic hydroxyl groups is 3. The number of aliphatic hydroxyl groups excluding tert-OH is 3. The van der Waals surface area contributed by atoms with E-state index < -0.39 is 5.41 Å². The molecule has 30 heavy (non-hydrogen) atoms. The van der Waals surface area contributed by atoms with Crippen molar-refractivity contribution in [3.63, 3.8) is 0 Å². The predicted octanol–water partition coefficient (Wildman–Crippen LogP) is 6.40. The van der Waals surface area contributed by atoms with Crippen LogP contribution in [-0.2, 0) is 4.74 Å². The standard InChI is InChI=1S/C26H54O4/c1-3-4-5-6-7-8-9-10-11-12-13-14-15-16-17-18-19-20-21-30-25(2)26(22-27,23-28)24-29/h25,27-29H,3-24H2,1-2H3. The fourth-order valence-corrected chi connectivity index (χ4v) is 3.98. The summed E-state index contributed by atoms with van der Waals surface area (Å²) < 4.78 is 5.73. The molecule has 0 radical (unpaired) electrons. The van der Waals surface area contributed by atoms with Gasteiger partial charge in [-0.25, -0.2) is 0 Å². The summed E-state index contributed by atoms with van der Waals surface area (Å²) in [5.41, 5.74) is -0.936. The second-order valence-corrected chi connectivity index (χ2v) is 9.36. The van der Waals surface area contributed by atoms with Crippen molar-refractivity contribution in [2.75, 3.05) is 26.4 Å². The van der Waals surface area contributed by atoms with Gasteiger partial charge < -0.3 is 20.1 Å². The Balaban J connectivity index is 3.28. The molecule has 0 aliphatic carbocycles. The minimum atomic E-state index is -0.936. The average Bonchev–Trinajstić information content (AvgIpc) is 2.77. The SMILES string of the molecule is CCCCCCCCCCCCCCCCCCCCOC(C)C(CO)(CO)CO. The van der Waals surface area contributed by atoms with E-state index in [4.69, 9.17) is 4.74 Å². The lowest BCUT2D eigenvalue weighted by atomic mass is 9.85. The molecule has 4 heteroatoms. The molecule has 3 N–H and O–H groups in total. The first kappa shape index (κ1) is 29.8. The maximum atomic E-state index is 9.41. The zero-order valence-corrected chi connectivity index (χ0v) is 20.4. The fraction of sp³-hybridized carbons (Fsp3) is 1.00. The van der Waals surface area contributed by atoms with Gasteiger partial charge in [0.25, 0.3) is 0 Å². The Morgan fingerprint density at radius 2 is 0.833 bits per heavy atom. The Morgan fingerprint density at radius 3 is 1.13 bits per heavy atom. The van der Waals surface area contributed by atoms with Crippen LogP contribution in [0.25, 0.3) is 0 Å². The maximum Gasteiger partial charge on any atom is 0.0669 e. The third-order valence-corrected chi connectivity index (χ3v) is 6.67. The summed E-state index contributed by atoms with van der Waals surface area (Å²) in [5.74, 6) is 0. The molecule has 0 aliphatic heterocycles. The summed E-state index contributed by atoms with van der Waals surface area (Å²) in [5, 5.41) is 28.2. The Hall–Kier alpha value is -0.160. The number of ether oxygens (including phenoxy) is 1. The molecule has 0 bridgehead atoms. The molecule has 0 aromatic carbocycles. The molecule has 1 atom stereocenters. The number of hydrogen-bond donors (Lipinski definition) is 3. The van der Waals surface area contributed by atoms with Crippen LogP contribution in [0.15, 0.2) is 0 Å². The van der Waals surface area contributed by atoms with Gasteiger partial charge >= 0.3 is 0 Å². The summed E-state index contributed by atoms with van der Waals surface area (Å²) in [7, 11) is 0. The summed E-state index contributed by atoms with van der Waals surface area (Å²) >= 11 is 0.